The standard InChI is InChI=1S/C17H20O8/c1-7-4-8-9(19)2-3-11(13(8)10(20)5-7)24-17-16(23)15(22)14(21)12(6-18)25-17/h2-5,12,14-23H,6H2,1H3. The summed E-state index contributed by atoms with van der Waals surface area (Å²) in [6.07, 6.45) is -7.14. The number of phenols is 2. The van der Waals surface area contributed by atoms with Crippen LogP contribution in [0.25, 0.3) is 10.8 Å². The van der Waals surface area contributed by atoms with Crippen LogP contribution in [0, 0.1) is 6.92 Å². The average Bonchev–Trinajstić information content (AvgIpc) is 2.57. The van der Waals surface area contributed by atoms with E-state index in [-0.39, 0.29) is 22.6 Å². The highest BCUT2D eigenvalue weighted by Crippen LogP contribution is 2.40. The van der Waals surface area contributed by atoms with Gasteiger partial charge >= 0.3 is 0 Å². The number of aromatic hydroxyl groups is 2. The number of rotatable bonds is 3. The van der Waals surface area contributed by atoms with E-state index in [1.807, 2.05) is 0 Å². The van der Waals surface area contributed by atoms with Gasteiger partial charge in [-0.3, -0.25) is 0 Å². The first-order valence-electron chi connectivity index (χ1n) is 7.76. The smallest absolute Gasteiger partial charge is 0.229 e. The molecule has 8 nitrogen and oxygen atoms in total. The maximum absolute atomic E-state index is 10.2. The van der Waals surface area contributed by atoms with Gasteiger partial charge in [-0.1, -0.05) is 0 Å². The summed E-state index contributed by atoms with van der Waals surface area (Å²) in [7, 11) is 0. The van der Waals surface area contributed by atoms with Gasteiger partial charge in [0.15, 0.2) is 0 Å². The van der Waals surface area contributed by atoms with Gasteiger partial charge in [-0.25, -0.2) is 0 Å². The lowest BCUT2D eigenvalue weighted by Crippen LogP contribution is -2.60. The first-order chi connectivity index (χ1) is 11.8. The number of phenolic OH excluding ortho intramolecular Hbond substituents is 2. The highest BCUT2D eigenvalue weighted by Gasteiger charge is 2.44. The molecule has 1 aliphatic rings. The zero-order chi connectivity index (χ0) is 18.3. The van der Waals surface area contributed by atoms with Crippen molar-refractivity contribution in [2.45, 2.75) is 37.6 Å². The summed E-state index contributed by atoms with van der Waals surface area (Å²) in [5, 5.41) is 59.7. The summed E-state index contributed by atoms with van der Waals surface area (Å²) in [4.78, 5) is 0. The third kappa shape index (κ3) is 3.10. The second-order valence-corrected chi connectivity index (χ2v) is 6.10. The number of hydrogen-bond donors (Lipinski definition) is 6. The Morgan fingerprint density at radius 2 is 1.72 bits per heavy atom. The molecule has 3 rings (SSSR count). The van der Waals surface area contributed by atoms with E-state index in [0.29, 0.717) is 5.39 Å². The van der Waals surface area contributed by atoms with Crippen molar-refractivity contribution in [2.75, 3.05) is 6.61 Å². The molecule has 0 saturated carbocycles. The summed E-state index contributed by atoms with van der Waals surface area (Å²) in [5.41, 5.74) is 0.727. The third-order valence-corrected chi connectivity index (χ3v) is 4.27. The van der Waals surface area contributed by atoms with Gasteiger partial charge in [0.25, 0.3) is 0 Å². The first-order valence-corrected chi connectivity index (χ1v) is 7.76. The van der Waals surface area contributed by atoms with Gasteiger partial charge in [-0.05, 0) is 36.8 Å². The van der Waals surface area contributed by atoms with Crippen LogP contribution in [0.1, 0.15) is 5.56 Å². The Balaban J connectivity index is 1.99. The number of fused-ring (bicyclic) bond motifs is 1. The van der Waals surface area contributed by atoms with Crippen LogP contribution in [0.4, 0.5) is 0 Å². The second kappa shape index (κ2) is 6.66. The van der Waals surface area contributed by atoms with E-state index in [0.717, 1.165) is 5.56 Å². The predicted octanol–water partition coefficient (Wildman–Crippen LogP) is -0.262. The zero-order valence-corrected chi connectivity index (χ0v) is 13.4. The minimum Gasteiger partial charge on any atom is -0.507 e. The molecule has 6 N–H and O–H groups in total. The van der Waals surface area contributed by atoms with E-state index in [1.54, 1.807) is 13.0 Å². The monoisotopic (exact) mass is 352 g/mol. The maximum atomic E-state index is 10.2. The SMILES string of the molecule is Cc1cc(O)c2c(OC3OC(CO)C(O)C(O)C3O)ccc(O)c2c1. The largest absolute Gasteiger partial charge is 0.507 e. The van der Waals surface area contributed by atoms with Gasteiger partial charge in [-0.2, -0.15) is 0 Å². The molecule has 1 fully saturated rings. The highest BCUT2D eigenvalue weighted by atomic mass is 16.7. The molecule has 0 spiro atoms. The second-order valence-electron chi connectivity index (χ2n) is 6.10. The van der Waals surface area contributed by atoms with Crippen molar-refractivity contribution in [3.63, 3.8) is 0 Å². The number of benzene rings is 2. The number of ether oxygens (including phenoxy) is 2. The minimum absolute atomic E-state index is 0.0600. The molecule has 25 heavy (non-hydrogen) atoms. The van der Waals surface area contributed by atoms with Gasteiger partial charge in [0.1, 0.15) is 41.7 Å². The van der Waals surface area contributed by atoms with Crippen LogP contribution in [0.2, 0.25) is 0 Å². The minimum atomic E-state index is -1.57. The summed E-state index contributed by atoms with van der Waals surface area (Å²) in [5.74, 6) is -0.0877. The molecular formula is C17H20O8. The maximum Gasteiger partial charge on any atom is 0.229 e. The summed E-state index contributed by atoms with van der Waals surface area (Å²) >= 11 is 0. The molecule has 2 aromatic rings. The lowest BCUT2D eigenvalue weighted by atomic mass is 9.99. The summed E-state index contributed by atoms with van der Waals surface area (Å²) < 4.78 is 10.9. The van der Waals surface area contributed by atoms with Gasteiger partial charge < -0.3 is 40.1 Å². The lowest BCUT2D eigenvalue weighted by molar-refractivity contribution is -0.277. The molecule has 0 radical (unpaired) electrons. The average molecular weight is 352 g/mol. The highest BCUT2D eigenvalue weighted by molar-refractivity contribution is 5.98. The molecule has 8 heteroatoms. The Bertz CT molecular complexity index is 775. The number of hydrogen-bond acceptors (Lipinski definition) is 8. The fraction of sp³-hybridized carbons (Fsp3) is 0.412. The van der Waals surface area contributed by atoms with Crippen LogP contribution in [0.15, 0.2) is 24.3 Å². The Labute approximate surface area is 143 Å². The van der Waals surface area contributed by atoms with E-state index in [4.69, 9.17) is 9.47 Å². The van der Waals surface area contributed by atoms with Crippen LogP contribution in [-0.2, 0) is 4.74 Å². The Hall–Kier alpha value is -2.10. The fourth-order valence-electron chi connectivity index (χ4n) is 2.94. The predicted molar refractivity (Wildman–Crippen MR) is 86.4 cm³/mol. The van der Waals surface area contributed by atoms with Gasteiger partial charge in [0, 0.05) is 5.39 Å². The molecule has 1 heterocycles. The molecule has 0 aliphatic carbocycles. The van der Waals surface area contributed by atoms with E-state index in [2.05, 4.69) is 0 Å². The fourth-order valence-corrected chi connectivity index (χ4v) is 2.94. The summed E-state index contributed by atoms with van der Waals surface area (Å²) in [6, 6.07) is 5.89. The molecule has 1 aliphatic heterocycles. The van der Waals surface area contributed by atoms with E-state index < -0.39 is 37.3 Å². The van der Waals surface area contributed by atoms with Crippen molar-refractivity contribution < 1.29 is 40.1 Å². The van der Waals surface area contributed by atoms with Crippen molar-refractivity contribution >= 4 is 10.8 Å². The number of aryl methyl sites for hydroxylation is 1. The Morgan fingerprint density at radius 1 is 1.00 bits per heavy atom. The van der Waals surface area contributed by atoms with Crippen molar-refractivity contribution in [1.82, 2.24) is 0 Å². The van der Waals surface area contributed by atoms with Crippen LogP contribution < -0.4 is 4.74 Å². The van der Waals surface area contributed by atoms with E-state index >= 15 is 0 Å². The van der Waals surface area contributed by atoms with Crippen LogP contribution >= 0.6 is 0 Å². The Kier molecular flexibility index (Phi) is 4.72. The molecule has 2 aromatic carbocycles. The van der Waals surface area contributed by atoms with Crippen molar-refractivity contribution in [3.8, 4) is 17.2 Å². The van der Waals surface area contributed by atoms with Gasteiger partial charge in [-0.15, -0.1) is 0 Å². The van der Waals surface area contributed by atoms with Gasteiger partial charge in [0.05, 0.1) is 12.0 Å². The van der Waals surface area contributed by atoms with E-state index in [1.165, 1.54) is 18.2 Å². The van der Waals surface area contributed by atoms with Crippen molar-refractivity contribution in [3.05, 3.63) is 29.8 Å². The third-order valence-electron chi connectivity index (χ3n) is 4.27. The molecular weight excluding hydrogens is 332 g/mol. The van der Waals surface area contributed by atoms with Crippen LogP contribution in [0.5, 0.6) is 17.2 Å². The first kappa shape index (κ1) is 17.7. The Morgan fingerprint density at radius 3 is 2.40 bits per heavy atom. The van der Waals surface area contributed by atoms with Crippen LogP contribution in [0.3, 0.4) is 0 Å². The quantitative estimate of drug-likeness (QED) is 0.444. The lowest BCUT2D eigenvalue weighted by Gasteiger charge is -2.39. The molecule has 136 valence electrons. The topological polar surface area (TPSA) is 140 Å². The normalized spacial score (nSPS) is 29.7. The van der Waals surface area contributed by atoms with Crippen molar-refractivity contribution in [2.24, 2.45) is 0 Å². The molecule has 5 atom stereocenters. The van der Waals surface area contributed by atoms with Crippen molar-refractivity contribution in [1.29, 1.82) is 0 Å². The summed E-state index contributed by atoms with van der Waals surface area (Å²) in [6.45, 7) is 1.18. The van der Waals surface area contributed by atoms with E-state index in [9.17, 15) is 30.6 Å². The zero-order valence-electron chi connectivity index (χ0n) is 13.4. The number of aliphatic hydroxyl groups excluding tert-OH is 4. The molecule has 0 amide bonds. The van der Waals surface area contributed by atoms with Gasteiger partial charge in [0.2, 0.25) is 6.29 Å². The molecule has 1 saturated heterocycles. The van der Waals surface area contributed by atoms with Crippen LogP contribution in [-0.4, -0.2) is 68.0 Å². The molecule has 5 unspecified atom stereocenters. The molecule has 0 bridgehead atoms. The number of aliphatic hydroxyl groups is 4. The molecule has 0 aromatic heterocycles.